The number of hydrogen-bond acceptors (Lipinski definition) is 3. The van der Waals surface area contributed by atoms with Gasteiger partial charge in [0, 0.05) is 6.07 Å². The first-order valence-corrected chi connectivity index (χ1v) is 4.11. The molecule has 0 saturated heterocycles. The van der Waals surface area contributed by atoms with E-state index in [1.165, 1.54) is 7.11 Å². The number of nitrogens with zero attached hydrogens (tertiary/aromatic N) is 1. The normalized spacial score (nSPS) is 10.5. The highest BCUT2D eigenvalue weighted by Crippen LogP contribution is 2.33. The Morgan fingerprint density at radius 1 is 1.67 bits per heavy atom. The van der Waals surface area contributed by atoms with Crippen molar-refractivity contribution in [2.45, 2.75) is 6.43 Å². The Morgan fingerprint density at radius 3 is 2.67 bits per heavy atom. The average Bonchev–Trinajstić information content (AvgIpc) is 2.17. The summed E-state index contributed by atoms with van der Waals surface area (Å²) in [7, 11) is 1.20. The molecular formula is C8H6ClF2NO3. The molecule has 7 heteroatoms. The minimum Gasteiger partial charge on any atom is -0.495 e. The summed E-state index contributed by atoms with van der Waals surface area (Å²) in [5, 5.41) is 8.22. The van der Waals surface area contributed by atoms with E-state index in [0.717, 1.165) is 6.07 Å². The number of halogens is 3. The maximum Gasteiger partial charge on any atom is 0.354 e. The summed E-state index contributed by atoms with van der Waals surface area (Å²) in [6, 6.07) is 0.983. The molecule has 0 amide bonds. The van der Waals surface area contributed by atoms with Gasteiger partial charge in [-0.2, -0.15) is 0 Å². The van der Waals surface area contributed by atoms with Gasteiger partial charge in [0.05, 0.1) is 7.11 Å². The van der Waals surface area contributed by atoms with Crippen molar-refractivity contribution in [2.24, 2.45) is 0 Å². The molecule has 0 unspecified atom stereocenters. The molecule has 1 N–H and O–H groups in total. The van der Waals surface area contributed by atoms with Gasteiger partial charge >= 0.3 is 5.97 Å². The molecule has 1 heterocycles. The van der Waals surface area contributed by atoms with E-state index in [0.29, 0.717) is 0 Å². The molecule has 0 spiro atoms. The van der Waals surface area contributed by atoms with Gasteiger partial charge in [0.1, 0.15) is 16.5 Å². The van der Waals surface area contributed by atoms with Gasteiger partial charge in [0.25, 0.3) is 6.43 Å². The molecule has 0 aliphatic rings. The number of aromatic carboxylic acids is 1. The summed E-state index contributed by atoms with van der Waals surface area (Å²) in [6.07, 6.45) is -2.95. The Kier molecular flexibility index (Phi) is 3.41. The van der Waals surface area contributed by atoms with Crippen LogP contribution in [0.2, 0.25) is 5.02 Å². The number of carboxylic acid groups (broad SMARTS) is 1. The number of carboxylic acids is 1. The Balaban J connectivity index is 3.38. The molecule has 1 aromatic rings. The predicted molar refractivity (Wildman–Crippen MR) is 47.7 cm³/mol. The second kappa shape index (κ2) is 4.39. The van der Waals surface area contributed by atoms with Crippen molar-refractivity contribution < 1.29 is 23.4 Å². The molecule has 0 aromatic carbocycles. The first-order valence-electron chi connectivity index (χ1n) is 3.73. The number of rotatable bonds is 3. The summed E-state index contributed by atoms with van der Waals surface area (Å²) >= 11 is 5.52. The summed E-state index contributed by atoms with van der Waals surface area (Å²) in [6.45, 7) is 0. The molecule has 0 aliphatic heterocycles. The third kappa shape index (κ3) is 2.33. The van der Waals surface area contributed by atoms with E-state index in [1.807, 2.05) is 0 Å². The van der Waals surface area contributed by atoms with Gasteiger partial charge in [-0.15, -0.1) is 0 Å². The van der Waals surface area contributed by atoms with E-state index in [4.69, 9.17) is 16.7 Å². The Hall–Kier alpha value is -1.43. The van der Waals surface area contributed by atoms with Crippen LogP contribution in [0.15, 0.2) is 6.07 Å². The van der Waals surface area contributed by atoms with E-state index in [1.54, 1.807) is 0 Å². The van der Waals surface area contributed by atoms with Gasteiger partial charge in [-0.1, -0.05) is 11.6 Å². The lowest BCUT2D eigenvalue weighted by Gasteiger charge is -2.08. The number of ether oxygens (including phenoxy) is 1. The summed E-state index contributed by atoms with van der Waals surface area (Å²) in [5.74, 6) is -1.56. The van der Waals surface area contributed by atoms with Crippen molar-refractivity contribution in [3.63, 3.8) is 0 Å². The third-order valence-corrected chi connectivity index (χ3v) is 1.98. The minimum absolute atomic E-state index is 0.139. The fraction of sp³-hybridized carbons (Fsp3) is 0.250. The number of alkyl halides is 2. The van der Waals surface area contributed by atoms with E-state index < -0.39 is 23.8 Å². The third-order valence-electron chi connectivity index (χ3n) is 1.60. The van der Waals surface area contributed by atoms with E-state index >= 15 is 0 Å². The molecule has 82 valence electrons. The first-order chi connectivity index (χ1) is 6.97. The van der Waals surface area contributed by atoms with Crippen molar-refractivity contribution in [1.29, 1.82) is 0 Å². The molecule has 15 heavy (non-hydrogen) atoms. The summed E-state index contributed by atoms with van der Waals surface area (Å²) in [5.41, 5.74) is -1.33. The topological polar surface area (TPSA) is 59.4 Å². The number of pyridine rings is 1. The predicted octanol–water partition coefficient (Wildman–Crippen LogP) is 2.38. The highest BCUT2D eigenvalue weighted by atomic mass is 35.5. The van der Waals surface area contributed by atoms with Crippen molar-refractivity contribution >= 4 is 17.6 Å². The lowest BCUT2D eigenvalue weighted by Crippen LogP contribution is -2.05. The SMILES string of the molecule is COc1cc(C(=O)O)nc(C(F)F)c1Cl. The summed E-state index contributed by atoms with van der Waals surface area (Å²) in [4.78, 5) is 13.8. The number of methoxy groups -OCH3 is 1. The molecule has 0 saturated carbocycles. The minimum atomic E-state index is -2.95. The molecule has 4 nitrogen and oxygen atoms in total. The maximum atomic E-state index is 12.4. The van der Waals surface area contributed by atoms with Crippen LogP contribution in [-0.2, 0) is 0 Å². The standard InChI is InChI=1S/C8H6ClF2NO3/c1-15-4-2-3(8(13)14)12-6(5(4)9)7(10)11/h2,7H,1H3,(H,13,14). The van der Waals surface area contributed by atoms with Crippen LogP contribution < -0.4 is 4.74 Å². The monoisotopic (exact) mass is 237 g/mol. The smallest absolute Gasteiger partial charge is 0.354 e. The molecular weight excluding hydrogens is 232 g/mol. The molecule has 0 fully saturated rings. The van der Waals surface area contributed by atoms with Gasteiger partial charge in [-0.25, -0.2) is 18.6 Å². The van der Waals surface area contributed by atoms with E-state index in [2.05, 4.69) is 9.72 Å². The lowest BCUT2D eigenvalue weighted by molar-refractivity contribution is 0.0688. The fourth-order valence-electron chi connectivity index (χ4n) is 0.928. The lowest BCUT2D eigenvalue weighted by atomic mass is 10.3. The quantitative estimate of drug-likeness (QED) is 0.877. The Morgan fingerprint density at radius 2 is 2.27 bits per heavy atom. The van der Waals surface area contributed by atoms with Crippen LogP contribution in [0.25, 0.3) is 0 Å². The molecule has 0 atom stereocenters. The van der Waals surface area contributed by atoms with E-state index in [9.17, 15) is 13.6 Å². The Labute approximate surface area is 88.4 Å². The number of hydrogen-bond donors (Lipinski definition) is 1. The zero-order valence-corrected chi connectivity index (χ0v) is 8.26. The Bertz CT molecular complexity index is 398. The highest BCUT2D eigenvalue weighted by molar-refractivity contribution is 6.32. The summed E-state index contributed by atoms with van der Waals surface area (Å²) < 4.78 is 29.4. The van der Waals surface area contributed by atoms with Crippen molar-refractivity contribution in [3.8, 4) is 5.75 Å². The van der Waals surface area contributed by atoms with Crippen molar-refractivity contribution in [3.05, 3.63) is 22.5 Å². The van der Waals surface area contributed by atoms with Gasteiger partial charge in [0.2, 0.25) is 0 Å². The second-order valence-corrected chi connectivity index (χ2v) is 2.89. The molecule has 0 aliphatic carbocycles. The first kappa shape index (κ1) is 11.6. The second-order valence-electron chi connectivity index (χ2n) is 2.51. The number of aromatic nitrogens is 1. The van der Waals surface area contributed by atoms with Crippen LogP contribution in [0.5, 0.6) is 5.75 Å². The van der Waals surface area contributed by atoms with Gasteiger partial charge in [-0.05, 0) is 0 Å². The number of carbonyl (C=O) groups is 1. The van der Waals surface area contributed by atoms with E-state index in [-0.39, 0.29) is 10.8 Å². The van der Waals surface area contributed by atoms with Crippen molar-refractivity contribution in [2.75, 3.05) is 7.11 Å². The fourth-order valence-corrected chi connectivity index (χ4v) is 1.18. The van der Waals surface area contributed by atoms with Crippen LogP contribution in [0, 0.1) is 0 Å². The zero-order chi connectivity index (χ0) is 11.6. The van der Waals surface area contributed by atoms with Gasteiger partial charge in [0.15, 0.2) is 5.69 Å². The highest BCUT2D eigenvalue weighted by Gasteiger charge is 2.21. The zero-order valence-electron chi connectivity index (χ0n) is 7.50. The van der Waals surface area contributed by atoms with Gasteiger partial charge in [-0.3, -0.25) is 0 Å². The van der Waals surface area contributed by atoms with Crippen LogP contribution in [0.1, 0.15) is 22.6 Å². The van der Waals surface area contributed by atoms with Crippen LogP contribution in [-0.4, -0.2) is 23.2 Å². The molecule has 1 rings (SSSR count). The van der Waals surface area contributed by atoms with Gasteiger partial charge < -0.3 is 9.84 Å². The van der Waals surface area contributed by atoms with Crippen LogP contribution >= 0.6 is 11.6 Å². The molecule has 0 radical (unpaired) electrons. The molecule has 0 bridgehead atoms. The molecule has 1 aromatic heterocycles. The van der Waals surface area contributed by atoms with Crippen LogP contribution in [0.3, 0.4) is 0 Å². The average molecular weight is 238 g/mol. The van der Waals surface area contributed by atoms with Crippen LogP contribution in [0.4, 0.5) is 8.78 Å². The maximum absolute atomic E-state index is 12.4. The largest absolute Gasteiger partial charge is 0.495 e. The van der Waals surface area contributed by atoms with Crippen molar-refractivity contribution in [1.82, 2.24) is 4.98 Å².